The highest BCUT2D eigenvalue weighted by atomic mass is 16.6. The molecule has 198 valence electrons. The molecule has 0 fully saturated rings. The second-order valence-corrected chi connectivity index (χ2v) is 9.25. The van der Waals surface area contributed by atoms with Gasteiger partial charge in [0.15, 0.2) is 5.75 Å². The Morgan fingerprint density at radius 1 is 1.13 bits per heavy atom. The molecule has 2 aliphatic rings. The van der Waals surface area contributed by atoms with Crippen molar-refractivity contribution in [1.29, 1.82) is 0 Å². The van der Waals surface area contributed by atoms with Crippen molar-refractivity contribution in [3.63, 3.8) is 0 Å². The number of carbonyl (C=O) groups is 3. The second kappa shape index (κ2) is 9.05. The molecule has 0 radical (unpaired) electrons. The Balaban J connectivity index is 1.70. The van der Waals surface area contributed by atoms with Crippen LogP contribution in [0.4, 0.5) is 15.3 Å². The van der Waals surface area contributed by atoms with Crippen molar-refractivity contribution in [1.82, 2.24) is 20.2 Å². The lowest BCUT2D eigenvalue weighted by atomic mass is 9.85. The summed E-state index contributed by atoms with van der Waals surface area (Å²) in [6, 6.07) is 7.13. The fourth-order valence-corrected chi connectivity index (χ4v) is 4.95. The third-order valence-corrected chi connectivity index (χ3v) is 6.92. The molecule has 2 N–H and O–H groups in total. The first-order valence-electron chi connectivity index (χ1n) is 12.0. The number of nitrogens with one attached hydrogen (secondary N) is 2. The predicted molar refractivity (Wildman–Crippen MR) is 137 cm³/mol. The Kier molecular flexibility index (Phi) is 5.97. The average Bonchev–Trinajstić information content (AvgIpc) is 3.26. The first-order chi connectivity index (χ1) is 18.1. The first kappa shape index (κ1) is 25.1. The molecule has 2 amide bonds. The molecule has 3 aromatic rings. The monoisotopic (exact) mass is 521 g/mol. The zero-order valence-electron chi connectivity index (χ0n) is 21.6. The van der Waals surface area contributed by atoms with Crippen LogP contribution in [0.1, 0.15) is 30.0 Å². The van der Waals surface area contributed by atoms with Crippen LogP contribution in [0.3, 0.4) is 0 Å². The summed E-state index contributed by atoms with van der Waals surface area (Å²) in [6.45, 7) is 1.72. The molecule has 2 aromatic heterocycles. The van der Waals surface area contributed by atoms with Gasteiger partial charge in [-0.3, -0.25) is 4.79 Å². The minimum absolute atomic E-state index is 0.0768. The molecule has 0 unspecified atom stereocenters. The van der Waals surface area contributed by atoms with Gasteiger partial charge in [-0.15, -0.1) is 0 Å². The Morgan fingerprint density at radius 3 is 2.53 bits per heavy atom. The van der Waals surface area contributed by atoms with Gasteiger partial charge < -0.3 is 34.3 Å². The summed E-state index contributed by atoms with van der Waals surface area (Å²) in [5, 5.41) is 5.52. The maximum atomic E-state index is 13.6. The standard InChI is InChI=1S/C26H27N5O7/c1-6-26(38-25(35)28-3)16-9-19-21-14(11-31(19)22(32)15(16)12-36-23(26)33)7-13-8-20(37-24(34)27-2)18(30(4)5)10-17(13)29-21/h7-10H,6,11-12H2,1-5H3,(H,27,34)(H,28,35)/t26-/m0/s1. The summed E-state index contributed by atoms with van der Waals surface area (Å²) in [5.74, 6) is -0.370. The lowest BCUT2D eigenvalue weighted by Crippen LogP contribution is -2.48. The van der Waals surface area contributed by atoms with E-state index in [1.54, 1.807) is 34.6 Å². The van der Waals surface area contributed by atoms with E-state index in [9.17, 15) is 19.2 Å². The SMILES string of the molecule is CC[C@@]1(OC(=O)NC)C(=O)OCc2c1cc1n(c2=O)Cc2cc3cc(OC(=O)NC)c(N(C)C)cc3nc2-1. The molecule has 38 heavy (non-hydrogen) atoms. The number of ether oxygens (including phenoxy) is 3. The molecular formula is C26H27N5O7. The van der Waals surface area contributed by atoms with Gasteiger partial charge in [0.2, 0.25) is 5.60 Å². The van der Waals surface area contributed by atoms with Crippen molar-refractivity contribution >= 4 is 34.7 Å². The number of aromatic nitrogens is 2. The van der Waals surface area contributed by atoms with E-state index in [4.69, 9.17) is 19.2 Å². The van der Waals surface area contributed by atoms with Gasteiger partial charge in [0.1, 0.15) is 6.61 Å². The van der Waals surface area contributed by atoms with Crippen molar-refractivity contribution < 1.29 is 28.6 Å². The number of carbonyl (C=O) groups excluding carboxylic acids is 3. The van der Waals surface area contributed by atoms with Crippen molar-refractivity contribution in [2.75, 3.05) is 33.1 Å². The molecule has 1 atom stereocenters. The van der Waals surface area contributed by atoms with Gasteiger partial charge in [0, 0.05) is 44.7 Å². The number of amides is 2. The van der Waals surface area contributed by atoms with Crippen molar-refractivity contribution in [3.8, 4) is 17.1 Å². The second-order valence-electron chi connectivity index (χ2n) is 9.25. The van der Waals surface area contributed by atoms with Crippen LogP contribution in [0, 0.1) is 0 Å². The number of rotatable bonds is 4. The number of alkyl carbamates (subject to hydrolysis) is 1. The minimum Gasteiger partial charge on any atom is -0.457 e. The Morgan fingerprint density at radius 2 is 1.87 bits per heavy atom. The molecule has 12 nitrogen and oxygen atoms in total. The lowest BCUT2D eigenvalue weighted by Gasteiger charge is -2.35. The Hall–Kier alpha value is -4.61. The number of hydrogen-bond acceptors (Lipinski definition) is 9. The zero-order chi connectivity index (χ0) is 27.4. The van der Waals surface area contributed by atoms with E-state index in [0.717, 1.165) is 10.9 Å². The van der Waals surface area contributed by atoms with Gasteiger partial charge >= 0.3 is 18.2 Å². The molecule has 5 rings (SSSR count). The summed E-state index contributed by atoms with van der Waals surface area (Å²) in [4.78, 5) is 57.3. The average molecular weight is 522 g/mol. The van der Waals surface area contributed by atoms with Crippen LogP contribution in [-0.4, -0.2) is 55.9 Å². The van der Waals surface area contributed by atoms with E-state index >= 15 is 0 Å². The van der Waals surface area contributed by atoms with E-state index in [-0.39, 0.29) is 30.7 Å². The van der Waals surface area contributed by atoms with Crippen molar-refractivity contribution in [2.45, 2.75) is 32.1 Å². The van der Waals surface area contributed by atoms with Crippen LogP contribution >= 0.6 is 0 Å². The zero-order valence-corrected chi connectivity index (χ0v) is 21.6. The molecule has 2 aliphatic heterocycles. The first-order valence-corrected chi connectivity index (χ1v) is 12.0. The Bertz CT molecular complexity index is 1580. The molecule has 0 aliphatic carbocycles. The highest BCUT2D eigenvalue weighted by molar-refractivity contribution is 5.91. The summed E-state index contributed by atoms with van der Waals surface area (Å²) >= 11 is 0. The number of fused-ring (bicyclic) bond motifs is 5. The fraction of sp³-hybridized carbons (Fsp3) is 0.346. The minimum atomic E-state index is -1.76. The summed E-state index contributed by atoms with van der Waals surface area (Å²) in [7, 11) is 6.51. The van der Waals surface area contributed by atoms with Gasteiger partial charge in [0.25, 0.3) is 5.56 Å². The molecule has 0 bridgehead atoms. The molecule has 12 heteroatoms. The molecular weight excluding hydrogens is 494 g/mol. The van der Waals surface area contributed by atoms with E-state index in [1.807, 2.05) is 20.2 Å². The smallest absolute Gasteiger partial charge is 0.412 e. The fourth-order valence-electron chi connectivity index (χ4n) is 4.95. The molecule has 4 heterocycles. The largest absolute Gasteiger partial charge is 0.457 e. The number of benzene rings is 1. The van der Waals surface area contributed by atoms with E-state index in [2.05, 4.69) is 10.6 Å². The number of cyclic esters (lactones) is 1. The maximum absolute atomic E-state index is 13.6. The quantitative estimate of drug-likeness (QED) is 0.387. The van der Waals surface area contributed by atoms with Gasteiger partial charge in [-0.1, -0.05) is 6.92 Å². The lowest BCUT2D eigenvalue weighted by molar-refractivity contribution is -0.172. The van der Waals surface area contributed by atoms with Gasteiger partial charge in [-0.25, -0.2) is 19.4 Å². The summed E-state index contributed by atoms with van der Waals surface area (Å²) in [6.07, 6.45) is -1.33. The molecule has 1 aromatic carbocycles. The molecule has 0 saturated heterocycles. The van der Waals surface area contributed by atoms with E-state index in [1.165, 1.54) is 14.1 Å². The van der Waals surface area contributed by atoms with Crippen LogP contribution in [0.2, 0.25) is 0 Å². The van der Waals surface area contributed by atoms with E-state index in [0.29, 0.717) is 33.9 Å². The van der Waals surface area contributed by atoms with Gasteiger partial charge in [0.05, 0.1) is 34.7 Å². The van der Waals surface area contributed by atoms with Gasteiger partial charge in [-0.05, 0) is 30.7 Å². The van der Waals surface area contributed by atoms with Gasteiger partial charge in [-0.2, -0.15) is 0 Å². The van der Waals surface area contributed by atoms with Crippen molar-refractivity contribution in [2.24, 2.45) is 0 Å². The Labute approximate surface area is 217 Å². The van der Waals surface area contributed by atoms with Crippen LogP contribution in [0.15, 0.2) is 29.1 Å². The molecule has 0 spiro atoms. The summed E-state index contributed by atoms with van der Waals surface area (Å²) < 4.78 is 17.9. The molecule has 0 saturated carbocycles. The number of pyridine rings is 2. The topological polar surface area (TPSA) is 141 Å². The number of nitrogens with zero attached hydrogens (tertiary/aromatic N) is 3. The maximum Gasteiger partial charge on any atom is 0.412 e. The summed E-state index contributed by atoms with van der Waals surface area (Å²) in [5.41, 5.74) is 1.58. The van der Waals surface area contributed by atoms with Crippen LogP contribution in [0.5, 0.6) is 5.75 Å². The number of esters is 1. The predicted octanol–water partition coefficient (Wildman–Crippen LogP) is 2.23. The van der Waals surface area contributed by atoms with Crippen LogP contribution in [0.25, 0.3) is 22.3 Å². The highest BCUT2D eigenvalue weighted by Gasteiger charge is 2.50. The third-order valence-electron chi connectivity index (χ3n) is 6.92. The van der Waals surface area contributed by atoms with Crippen LogP contribution < -0.4 is 25.8 Å². The van der Waals surface area contributed by atoms with Crippen LogP contribution in [-0.2, 0) is 33.0 Å². The normalized spacial score (nSPS) is 17.1. The highest BCUT2D eigenvalue weighted by Crippen LogP contribution is 2.41. The van der Waals surface area contributed by atoms with E-state index < -0.39 is 23.8 Å². The number of hydrogen-bond donors (Lipinski definition) is 2. The third kappa shape index (κ3) is 3.71. The van der Waals surface area contributed by atoms with Crippen molar-refractivity contribution in [3.05, 3.63) is 51.3 Å². The number of anilines is 1.